The molecule has 4 aromatic carbocycles. The number of benzene rings is 4. The highest BCUT2D eigenvalue weighted by Gasteiger charge is 2.37. The topological polar surface area (TPSA) is 534 Å². The number of carbonyl (C=O) groups is 4. The predicted molar refractivity (Wildman–Crippen MR) is 481 cm³/mol. The monoisotopic (exact) mass is 1810 g/mol. The Bertz CT molecular complexity index is 6040. The summed E-state index contributed by atoms with van der Waals surface area (Å²) in [4.78, 5) is 65.3. The van der Waals surface area contributed by atoms with E-state index in [1.165, 1.54) is 57.2 Å². The number of furan rings is 4. The lowest BCUT2D eigenvalue weighted by molar-refractivity contribution is -0.143. The number of piperidine rings is 1. The Balaban J connectivity index is 0.000000176. The number of aryl methyl sites for hydroxylation is 3. The molecule has 7 atom stereocenters. The fourth-order valence-electron chi connectivity index (χ4n) is 12.9. The van der Waals surface area contributed by atoms with Crippen LogP contribution >= 0.6 is 0 Å². The molecular formula is C83H100N20O19S4. The van der Waals surface area contributed by atoms with Crippen LogP contribution in [0.1, 0.15) is 195 Å². The lowest BCUT2D eigenvalue weighted by atomic mass is 9.85. The van der Waals surface area contributed by atoms with E-state index >= 15 is 0 Å². The second kappa shape index (κ2) is 40.5. The van der Waals surface area contributed by atoms with Crippen molar-refractivity contribution in [1.29, 1.82) is 0 Å². The number of aliphatic imine (C=N–C) groups is 2. The Morgan fingerprint density at radius 1 is 0.587 bits per heavy atom. The summed E-state index contributed by atoms with van der Waals surface area (Å²) in [6.45, 7) is 31.1. The Hall–Kier alpha value is -13.5. The van der Waals surface area contributed by atoms with Gasteiger partial charge in [0, 0.05) is 41.3 Å². The van der Waals surface area contributed by atoms with Crippen LogP contribution < -0.4 is 41.3 Å². The first-order valence-corrected chi connectivity index (χ1v) is 44.6. The maximum atomic E-state index is 13.1. The van der Waals surface area contributed by atoms with Gasteiger partial charge in [-0.25, -0.2) is 22.7 Å². The highest BCUT2D eigenvalue weighted by molar-refractivity contribution is 7.90. The molecule has 13 N–H and O–H groups in total. The van der Waals surface area contributed by atoms with Gasteiger partial charge in [-0.05, 0) is 154 Å². The number of carboxylic acid groups (broad SMARTS) is 1. The zero-order chi connectivity index (χ0) is 92.1. The fourth-order valence-corrected chi connectivity index (χ4v) is 15.8. The van der Waals surface area contributed by atoms with E-state index < -0.39 is 78.4 Å². The number of aliphatic carboxylic acids is 1. The van der Waals surface area contributed by atoms with Crippen LogP contribution in [0.25, 0.3) is 4.85 Å². The number of amides is 3. The summed E-state index contributed by atoms with van der Waals surface area (Å²) < 4.78 is 123. The molecule has 126 heavy (non-hydrogen) atoms. The van der Waals surface area contributed by atoms with Crippen LogP contribution in [0.2, 0.25) is 0 Å². The fraction of sp³-hybridized carbons (Fsp3) is 0.361. The number of nitrogens with zero attached hydrogens (tertiary/aromatic N) is 12. The summed E-state index contributed by atoms with van der Waals surface area (Å²) in [6.07, 6.45) is 3.78. The van der Waals surface area contributed by atoms with Crippen molar-refractivity contribution in [2.75, 3.05) is 62.5 Å². The van der Waals surface area contributed by atoms with Gasteiger partial charge < -0.3 is 89.8 Å². The van der Waals surface area contributed by atoms with E-state index in [2.05, 4.69) is 82.6 Å². The number of anilines is 4. The van der Waals surface area contributed by atoms with Crippen molar-refractivity contribution >= 4 is 142 Å². The molecule has 43 heteroatoms. The van der Waals surface area contributed by atoms with Gasteiger partial charge in [-0.15, -0.1) is 26.4 Å². The molecule has 0 radical (unpaired) electrons. The number of carbonyl (C=O) groups excluding carboxylic acids is 3. The predicted octanol–water partition coefficient (Wildman–Crippen LogP) is 12.3. The highest BCUT2D eigenvalue weighted by Crippen LogP contribution is 2.39. The number of likely N-dealkylation sites (tertiary alicyclic amines) is 1. The minimum atomic E-state index is -4.06. The third-order valence-electron chi connectivity index (χ3n) is 19.6. The first-order chi connectivity index (χ1) is 59.4. The van der Waals surface area contributed by atoms with E-state index in [1.807, 2.05) is 106 Å². The number of amidine groups is 8. The number of nitrogens with one attached hydrogen (secondary N) is 8. The maximum absolute atomic E-state index is 13.1. The Kier molecular flexibility index (Phi) is 30.4. The Labute approximate surface area is 733 Å². The van der Waals surface area contributed by atoms with Crippen molar-refractivity contribution in [3.05, 3.63) is 196 Å². The standard InChI is InChI=1S/C23H27N5O7S.C21H27N5O4S.C20H25N5O4S.C19H21N5O4S/c1-3-16(18-10-9-13(2)35-18)24-20-21(27-36(33,34)26-20)25-17-8-4-7-15(19(17)29)22(30)28-11-5-6-14(12-28)23(31)32;1-12-10-11-15(30-12)17(21(2,3)4)23-19-18(24-31(29)25-19)22-14-9-7-8-13(16(14)27)20(28)26(5)6;1-11(2)16(15-10-9-12(3)29-15)22-19-18(23-30(28)24-19)21-14-8-6-7-13(17(14)26)20(27)25(4)5;1-5-13(16-9-12(10-28-16)11(2)3)21-18-19(24-29(26,27)23-18)22-15-8-6-7-14(20-4)17(15)25/h4,7-10,14,16,29H,3,5-6,11-12H2,1-2H3,(H,24,26)(H,25,27)(H,31,32);7-11,17,27H,1-6H3,(H,22,24)(H,23,25);6-11,16,26H,1-5H3,(H,21,23)(H,22,24);6-11,13,25H,5H2,1-3H3,(H,21,23)(H,22,24)/t14-,16-;17-,31?;16-,30?;13-/m1011/s1. The molecule has 670 valence electrons. The zero-order valence-electron chi connectivity index (χ0n) is 71.8. The maximum Gasteiger partial charge on any atom is 0.345 e. The molecule has 9 heterocycles. The SMILES string of the molecule is CC[C@@H](N=C1NS(=O)(=O)N=C1Nc1cccc(C(=O)N2CCC[C@@H](C(=O)O)C2)c1O)c1ccc(C)o1.Cc1ccc([C@H](NC2=NS(=O)N=C2Nc2cccc(C(=O)N(C)C)c2O)C(C)(C)C)o1.Cc1ccc([C@H](NC2=NS(=O)N=C2Nc2cccc(C(=O)N(C)C)c2O)C(C)C)o1.[C-]#[N+]c1cccc(NC2=NS(=O)(=O)NC2=N[C@H](CC)c2cc(C(C)C)co2)c1O. The van der Waals surface area contributed by atoms with Gasteiger partial charge in [-0.3, -0.25) is 29.2 Å². The lowest BCUT2D eigenvalue weighted by Crippen LogP contribution is -2.42. The zero-order valence-corrected chi connectivity index (χ0v) is 75.0. The second-order valence-corrected chi connectivity index (χ2v) is 35.7. The van der Waals surface area contributed by atoms with Gasteiger partial charge in [-0.1, -0.05) is 92.6 Å². The molecule has 0 saturated carbocycles. The smallest absolute Gasteiger partial charge is 0.345 e. The molecule has 5 aliphatic heterocycles. The van der Waals surface area contributed by atoms with E-state index in [4.69, 9.17) is 24.2 Å². The number of aromatic hydroxyl groups is 4. The quantitative estimate of drug-likeness (QED) is 0.0249. The molecule has 2 unspecified atom stereocenters. The van der Waals surface area contributed by atoms with Gasteiger partial charge in [0.2, 0.25) is 5.69 Å². The number of hydrogen-bond acceptors (Lipinski definition) is 26. The molecule has 13 rings (SSSR count). The average Bonchev–Trinajstić information content (AvgIpc) is 1.69. The number of para-hydroxylation sites is 4. The van der Waals surface area contributed by atoms with Gasteiger partial charge in [-0.2, -0.15) is 16.8 Å². The molecule has 39 nitrogen and oxygen atoms in total. The van der Waals surface area contributed by atoms with Gasteiger partial charge in [0.05, 0.1) is 70.3 Å². The van der Waals surface area contributed by atoms with Gasteiger partial charge in [0.25, 0.3) is 40.1 Å². The van der Waals surface area contributed by atoms with Crippen LogP contribution in [0.3, 0.4) is 0 Å². The molecule has 5 aliphatic rings. The van der Waals surface area contributed by atoms with Crippen LogP contribution in [0.15, 0.2) is 176 Å². The van der Waals surface area contributed by atoms with E-state index in [0.717, 1.165) is 22.8 Å². The number of phenols is 4. The van der Waals surface area contributed by atoms with Crippen LogP contribution in [-0.2, 0) is 47.6 Å². The highest BCUT2D eigenvalue weighted by atomic mass is 32.2. The minimum absolute atomic E-state index is 0.00645. The van der Waals surface area contributed by atoms with Crippen molar-refractivity contribution in [2.45, 2.75) is 139 Å². The molecule has 0 bridgehead atoms. The van der Waals surface area contributed by atoms with Crippen molar-refractivity contribution in [3.63, 3.8) is 0 Å². The molecule has 1 fully saturated rings. The first-order valence-electron chi connectivity index (χ1n) is 39.6. The van der Waals surface area contributed by atoms with Crippen molar-refractivity contribution < 1.29 is 87.6 Å². The van der Waals surface area contributed by atoms with Crippen molar-refractivity contribution in [1.82, 2.24) is 34.8 Å². The van der Waals surface area contributed by atoms with E-state index in [-0.39, 0.29) is 151 Å². The van der Waals surface area contributed by atoms with Crippen molar-refractivity contribution in [2.24, 2.45) is 53.6 Å². The van der Waals surface area contributed by atoms with Crippen LogP contribution in [-0.4, -0.2) is 177 Å². The van der Waals surface area contributed by atoms with E-state index in [0.29, 0.717) is 61.2 Å². The third kappa shape index (κ3) is 23.7. The van der Waals surface area contributed by atoms with Gasteiger partial charge >= 0.3 is 26.4 Å². The van der Waals surface area contributed by atoms with E-state index in [9.17, 15) is 70.0 Å². The summed E-state index contributed by atoms with van der Waals surface area (Å²) in [5, 5.41) is 69.4. The van der Waals surface area contributed by atoms with Crippen LogP contribution in [0.4, 0.5) is 28.4 Å². The lowest BCUT2D eigenvalue weighted by Gasteiger charge is -2.31. The van der Waals surface area contributed by atoms with Crippen LogP contribution in [0, 0.1) is 44.6 Å². The summed E-state index contributed by atoms with van der Waals surface area (Å²) in [7, 11) is -1.63. The second-order valence-electron chi connectivity index (χ2n) is 31.4. The van der Waals surface area contributed by atoms with Crippen molar-refractivity contribution in [3.8, 4) is 23.0 Å². The molecule has 0 aliphatic carbocycles. The summed E-state index contributed by atoms with van der Waals surface area (Å²) in [5.74, 6) is 1.97. The molecule has 0 spiro atoms. The molecule has 3 amide bonds. The van der Waals surface area contributed by atoms with E-state index in [1.54, 1.807) is 83.8 Å². The molecule has 4 aromatic heterocycles. The number of rotatable bonds is 20. The molecular weight excluding hydrogens is 1710 g/mol. The Morgan fingerprint density at radius 3 is 1.43 bits per heavy atom. The largest absolute Gasteiger partial charge is 0.517 e. The molecule has 1 saturated heterocycles. The number of phenolic OH excluding ortho intramolecular Hbond substituents is 4. The summed E-state index contributed by atoms with van der Waals surface area (Å²) >= 11 is -3.62. The summed E-state index contributed by atoms with van der Waals surface area (Å²) in [6, 6.07) is 30.0. The first kappa shape index (κ1) is 94.8. The normalized spacial score (nSPS) is 18.3. The van der Waals surface area contributed by atoms with Gasteiger partial charge in [0.1, 0.15) is 58.2 Å². The van der Waals surface area contributed by atoms with Crippen LogP contribution in [0.5, 0.6) is 23.0 Å². The number of carboxylic acids is 1. The Morgan fingerprint density at radius 2 is 1.01 bits per heavy atom. The molecule has 8 aromatic rings. The minimum Gasteiger partial charge on any atom is -0.517 e. The third-order valence-corrected chi connectivity index (χ3v) is 22.7. The average molecular weight is 1810 g/mol. The van der Waals surface area contributed by atoms with Gasteiger partial charge in [0.15, 0.2) is 63.9 Å². The number of hydrogen-bond donors (Lipinski definition) is 13. The summed E-state index contributed by atoms with van der Waals surface area (Å²) in [5.41, 5.74) is 1.73.